The first kappa shape index (κ1) is 10.9. The Kier molecular flexibility index (Phi) is 2.76. The average Bonchev–Trinajstić information content (AvgIpc) is 2.81. The second-order valence-electron chi connectivity index (χ2n) is 4.36. The van der Waals surface area contributed by atoms with Crippen LogP contribution in [0.15, 0.2) is 31.1 Å². The summed E-state index contributed by atoms with van der Waals surface area (Å²) in [6.45, 7) is 0. The van der Waals surface area contributed by atoms with Gasteiger partial charge in [0.05, 0.1) is 18.1 Å². The Morgan fingerprint density at radius 2 is 2.11 bits per heavy atom. The van der Waals surface area contributed by atoms with E-state index in [1.54, 1.807) is 35.7 Å². The standard InChI is InChI=1S/C12H13N5O/c18-11(9-2-1-3-9)16-10-6-14-12(15-7-10)17-5-4-13-8-17/h4-9H,1-3H2,(H,16,18). The summed E-state index contributed by atoms with van der Waals surface area (Å²) in [6, 6.07) is 0. The predicted molar refractivity (Wildman–Crippen MR) is 65.1 cm³/mol. The van der Waals surface area contributed by atoms with Gasteiger partial charge in [-0.3, -0.25) is 9.36 Å². The van der Waals surface area contributed by atoms with Crippen LogP contribution in [-0.2, 0) is 4.79 Å². The van der Waals surface area contributed by atoms with E-state index in [1.807, 2.05) is 0 Å². The first-order valence-corrected chi connectivity index (χ1v) is 5.94. The number of amides is 1. The molecule has 6 nitrogen and oxygen atoms in total. The van der Waals surface area contributed by atoms with Crippen molar-refractivity contribution in [1.29, 1.82) is 0 Å². The molecule has 0 bridgehead atoms. The number of rotatable bonds is 3. The molecule has 0 aliphatic heterocycles. The van der Waals surface area contributed by atoms with Crippen LogP contribution in [0.4, 0.5) is 5.69 Å². The Bertz CT molecular complexity index is 530. The molecule has 1 saturated carbocycles. The summed E-state index contributed by atoms with van der Waals surface area (Å²) in [5, 5.41) is 2.83. The average molecular weight is 243 g/mol. The number of nitrogens with one attached hydrogen (secondary N) is 1. The molecule has 18 heavy (non-hydrogen) atoms. The molecule has 0 saturated heterocycles. The van der Waals surface area contributed by atoms with Crippen LogP contribution >= 0.6 is 0 Å². The molecule has 2 heterocycles. The monoisotopic (exact) mass is 243 g/mol. The predicted octanol–water partition coefficient (Wildman–Crippen LogP) is 1.40. The maximum atomic E-state index is 11.7. The van der Waals surface area contributed by atoms with E-state index < -0.39 is 0 Å². The summed E-state index contributed by atoms with van der Waals surface area (Å²) < 4.78 is 1.71. The molecule has 0 radical (unpaired) electrons. The van der Waals surface area contributed by atoms with Crippen molar-refractivity contribution in [3.63, 3.8) is 0 Å². The Labute approximate surface area is 104 Å². The number of carbonyl (C=O) groups is 1. The molecule has 6 heteroatoms. The largest absolute Gasteiger partial charge is 0.323 e. The van der Waals surface area contributed by atoms with Gasteiger partial charge in [-0.25, -0.2) is 15.0 Å². The lowest BCUT2D eigenvalue weighted by molar-refractivity contribution is -0.122. The molecule has 2 aromatic heterocycles. The molecule has 1 aliphatic carbocycles. The van der Waals surface area contributed by atoms with E-state index in [1.165, 1.54) is 0 Å². The summed E-state index contributed by atoms with van der Waals surface area (Å²) in [6.07, 6.45) is 11.4. The van der Waals surface area contributed by atoms with Crippen LogP contribution in [0.25, 0.3) is 5.95 Å². The highest BCUT2D eigenvalue weighted by Crippen LogP contribution is 2.27. The molecule has 1 amide bonds. The molecule has 1 N–H and O–H groups in total. The number of aromatic nitrogens is 4. The highest BCUT2D eigenvalue weighted by atomic mass is 16.1. The lowest BCUT2D eigenvalue weighted by Crippen LogP contribution is -2.28. The van der Waals surface area contributed by atoms with Crippen LogP contribution in [0.1, 0.15) is 19.3 Å². The number of imidazole rings is 1. The van der Waals surface area contributed by atoms with Crippen molar-refractivity contribution in [1.82, 2.24) is 19.5 Å². The number of anilines is 1. The van der Waals surface area contributed by atoms with Gasteiger partial charge in [-0.1, -0.05) is 6.42 Å². The molecular weight excluding hydrogens is 230 g/mol. The van der Waals surface area contributed by atoms with E-state index in [9.17, 15) is 4.79 Å². The van der Waals surface area contributed by atoms with Crippen molar-refractivity contribution >= 4 is 11.6 Å². The van der Waals surface area contributed by atoms with Gasteiger partial charge in [0.15, 0.2) is 0 Å². The Hall–Kier alpha value is -2.24. The quantitative estimate of drug-likeness (QED) is 0.884. The molecule has 0 aromatic carbocycles. The van der Waals surface area contributed by atoms with Gasteiger partial charge >= 0.3 is 0 Å². The smallest absolute Gasteiger partial charge is 0.234 e. The van der Waals surface area contributed by atoms with Gasteiger partial charge in [0.25, 0.3) is 0 Å². The van der Waals surface area contributed by atoms with E-state index >= 15 is 0 Å². The van der Waals surface area contributed by atoms with Crippen LogP contribution in [-0.4, -0.2) is 25.4 Å². The summed E-state index contributed by atoms with van der Waals surface area (Å²) in [7, 11) is 0. The molecule has 0 spiro atoms. The summed E-state index contributed by atoms with van der Waals surface area (Å²) in [4.78, 5) is 24.0. The zero-order valence-corrected chi connectivity index (χ0v) is 9.78. The second-order valence-corrected chi connectivity index (χ2v) is 4.36. The normalized spacial score (nSPS) is 15.1. The molecule has 1 fully saturated rings. The van der Waals surface area contributed by atoms with Gasteiger partial charge in [-0.05, 0) is 12.8 Å². The maximum Gasteiger partial charge on any atom is 0.234 e. The van der Waals surface area contributed by atoms with E-state index in [2.05, 4.69) is 20.3 Å². The number of hydrogen-bond donors (Lipinski definition) is 1. The van der Waals surface area contributed by atoms with E-state index in [4.69, 9.17) is 0 Å². The first-order valence-electron chi connectivity index (χ1n) is 5.94. The zero-order chi connectivity index (χ0) is 12.4. The van der Waals surface area contributed by atoms with Crippen LogP contribution in [0.2, 0.25) is 0 Å². The van der Waals surface area contributed by atoms with Gasteiger partial charge in [0.1, 0.15) is 6.33 Å². The Balaban J connectivity index is 1.69. The van der Waals surface area contributed by atoms with Gasteiger partial charge in [0, 0.05) is 18.3 Å². The second kappa shape index (κ2) is 4.56. The third-order valence-corrected chi connectivity index (χ3v) is 3.12. The minimum Gasteiger partial charge on any atom is -0.323 e. The van der Waals surface area contributed by atoms with Crippen molar-refractivity contribution in [3.05, 3.63) is 31.1 Å². The summed E-state index contributed by atoms with van der Waals surface area (Å²) in [5.74, 6) is 0.771. The fraction of sp³-hybridized carbons (Fsp3) is 0.333. The third-order valence-electron chi connectivity index (χ3n) is 3.12. The van der Waals surface area contributed by atoms with Gasteiger partial charge in [0.2, 0.25) is 11.9 Å². The number of hydrogen-bond acceptors (Lipinski definition) is 4. The molecule has 2 aromatic rings. The van der Waals surface area contributed by atoms with Gasteiger partial charge in [-0.15, -0.1) is 0 Å². The SMILES string of the molecule is O=C(Nc1cnc(-n2ccnc2)nc1)C1CCC1. The van der Waals surface area contributed by atoms with Crippen molar-refractivity contribution in [3.8, 4) is 5.95 Å². The van der Waals surface area contributed by atoms with Crippen LogP contribution in [0.5, 0.6) is 0 Å². The number of carbonyl (C=O) groups excluding carboxylic acids is 1. The fourth-order valence-corrected chi connectivity index (χ4v) is 1.81. The van der Waals surface area contributed by atoms with Crippen molar-refractivity contribution in [2.45, 2.75) is 19.3 Å². The van der Waals surface area contributed by atoms with Crippen LogP contribution < -0.4 is 5.32 Å². The first-order chi connectivity index (χ1) is 8.83. The van der Waals surface area contributed by atoms with Gasteiger partial charge in [-0.2, -0.15) is 0 Å². The van der Waals surface area contributed by atoms with Crippen molar-refractivity contribution in [2.24, 2.45) is 5.92 Å². The highest BCUT2D eigenvalue weighted by molar-refractivity contribution is 5.92. The molecule has 92 valence electrons. The molecule has 0 unspecified atom stereocenters. The lowest BCUT2D eigenvalue weighted by Gasteiger charge is -2.23. The number of nitrogens with zero attached hydrogens (tertiary/aromatic N) is 4. The highest BCUT2D eigenvalue weighted by Gasteiger charge is 2.25. The fourth-order valence-electron chi connectivity index (χ4n) is 1.81. The lowest BCUT2D eigenvalue weighted by atomic mass is 9.85. The topological polar surface area (TPSA) is 72.7 Å². The maximum absolute atomic E-state index is 11.7. The van der Waals surface area contributed by atoms with Gasteiger partial charge < -0.3 is 5.32 Å². The molecule has 3 rings (SSSR count). The van der Waals surface area contributed by atoms with Crippen molar-refractivity contribution < 1.29 is 4.79 Å². The Morgan fingerprint density at radius 3 is 2.67 bits per heavy atom. The summed E-state index contributed by atoms with van der Waals surface area (Å²) in [5.41, 5.74) is 0.635. The third kappa shape index (κ3) is 2.09. The van der Waals surface area contributed by atoms with E-state index in [0.717, 1.165) is 19.3 Å². The van der Waals surface area contributed by atoms with Crippen LogP contribution in [0.3, 0.4) is 0 Å². The Morgan fingerprint density at radius 1 is 1.33 bits per heavy atom. The zero-order valence-electron chi connectivity index (χ0n) is 9.78. The summed E-state index contributed by atoms with van der Waals surface area (Å²) >= 11 is 0. The molecule has 1 aliphatic rings. The van der Waals surface area contributed by atoms with Crippen LogP contribution in [0, 0.1) is 5.92 Å². The minimum atomic E-state index is 0.0697. The minimum absolute atomic E-state index is 0.0697. The van der Waals surface area contributed by atoms with Crippen molar-refractivity contribution in [2.75, 3.05) is 5.32 Å². The molecule has 0 atom stereocenters. The van der Waals surface area contributed by atoms with E-state index in [0.29, 0.717) is 11.6 Å². The van der Waals surface area contributed by atoms with E-state index in [-0.39, 0.29) is 11.8 Å². The molecular formula is C12H13N5O.